The number of halogens is 3. The average molecular weight is 794 g/mol. The second-order valence-corrected chi connectivity index (χ2v) is 15.7. The second-order valence-electron chi connectivity index (χ2n) is 13.8. The van der Waals surface area contributed by atoms with Gasteiger partial charge in [0.1, 0.15) is 11.5 Å². The van der Waals surface area contributed by atoms with E-state index in [2.05, 4.69) is 15.2 Å². The quantitative estimate of drug-likeness (QED) is 0.161. The number of carbonyl (C=O) groups is 1. The summed E-state index contributed by atoms with van der Waals surface area (Å²) in [6.07, 6.45) is -2.13. The number of fused-ring (bicyclic) bond motifs is 2. The molecule has 1 atom stereocenters. The van der Waals surface area contributed by atoms with Crippen molar-refractivity contribution in [3.8, 4) is 11.8 Å². The zero-order valence-electron chi connectivity index (χ0n) is 31.1. The van der Waals surface area contributed by atoms with Crippen LogP contribution in [0, 0.1) is 19.3 Å². The van der Waals surface area contributed by atoms with Crippen molar-refractivity contribution in [2.75, 3.05) is 52.8 Å². The van der Waals surface area contributed by atoms with Crippen molar-refractivity contribution >= 4 is 21.6 Å². The number of aromatic nitrogens is 4. The van der Waals surface area contributed by atoms with E-state index in [0.29, 0.717) is 54.7 Å². The number of aliphatic hydroxyl groups is 1. The first kappa shape index (κ1) is 41.8. The van der Waals surface area contributed by atoms with Gasteiger partial charge >= 0.3 is 12.1 Å². The number of rotatable bonds is 14. The van der Waals surface area contributed by atoms with Gasteiger partial charge in [0.2, 0.25) is 27.6 Å². The molecule has 1 aromatic carbocycles. The van der Waals surface area contributed by atoms with Crippen molar-refractivity contribution in [1.29, 1.82) is 0 Å². The van der Waals surface area contributed by atoms with Crippen LogP contribution >= 0.6 is 0 Å². The number of alkyl halides is 3. The number of aliphatic hydroxyl groups excluding tert-OH is 1. The standard InChI is InChI=1S/C37H46F3N5O9S/c1-24-8-9-26(31(36(3,4)35(47)48)28-12-14-45-32(25(28)2)42-43-34(45)37(38,39)40)22-27(24)23-44-13-5-16-52-20-21-54-33-29(55(44,49)50)10-11-30(41-33)53-19-7-18-51-17-6-15-46/h8-12,14,22,31,46H,5-7,13,15-21,23H2,1-4H3,(H,47,48)/t31-/m0/s1. The first-order valence-electron chi connectivity index (χ1n) is 17.8. The Bertz CT molecular complexity index is 2070. The summed E-state index contributed by atoms with van der Waals surface area (Å²) >= 11 is 0. The van der Waals surface area contributed by atoms with E-state index in [-0.39, 0.29) is 68.4 Å². The molecule has 300 valence electrons. The van der Waals surface area contributed by atoms with Crippen LogP contribution in [0.1, 0.15) is 72.7 Å². The van der Waals surface area contributed by atoms with E-state index in [0.717, 1.165) is 9.96 Å². The molecule has 18 heteroatoms. The first-order chi connectivity index (χ1) is 26.1. The predicted molar refractivity (Wildman–Crippen MR) is 193 cm³/mol. The molecule has 3 aromatic heterocycles. The zero-order valence-corrected chi connectivity index (χ0v) is 32.0. The van der Waals surface area contributed by atoms with Crippen LogP contribution in [-0.2, 0) is 37.0 Å². The van der Waals surface area contributed by atoms with Gasteiger partial charge in [-0.2, -0.15) is 22.5 Å². The van der Waals surface area contributed by atoms with Gasteiger partial charge in [-0.3, -0.25) is 9.20 Å². The van der Waals surface area contributed by atoms with Gasteiger partial charge < -0.3 is 29.2 Å². The molecule has 0 aliphatic carbocycles. The Labute approximate surface area is 317 Å². The monoisotopic (exact) mass is 793 g/mol. The number of nitrogens with zero attached hydrogens (tertiary/aromatic N) is 5. The van der Waals surface area contributed by atoms with E-state index in [1.165, 1.54) is 42.5 Å². The third kappa shape index (κ3) is 9.55. The lowest BCUT2D eigenvalue weighted by molar-refractivity contribution is -0.147. The van der Waals surface area contributed by atoms with Crippen molar-refractivity contribution in [2.45, 2.75) is 70.5 Å². The third-order valence-corrected chi connectivity index (χ3v) is 11.3. The number of benzene rings is 1. The molecule has 0 bridgehead atoms. The molecule has 0 spiro atoms. The first-order valence-corrected chi connectivity index (χ1v) is 19.3. The molecule has 0 saturated heterocycles. The number of carboxylic acid groups (broad SMARTS) is 1. The van der Waals surface area contributed by atoms with E-state index in [1.807, 2.05) is 6.92 Å². The van der Waals surface area contributed by atoms with Crippen molar-refractivity contribution in [3.63, 3.8) is 0 Å². The van der Waals surface area contributed by atoms with E-state index in [9.17, 15) is 31.5 Å². The molecule has 1 aliphatic heterocycles. The van der Waals surface area contributed by atoms with Crippen LogP contribution < -0.4 is 9.47 Å². The van der Waals surface area contributed by atoms with Gasteiger partial charge in [-0.1, -0.05) is 18.2 Å². The predicted octanol–water partition coefficient (Wildman–Crippen LogP) is 5.16. The van der Waals surface area contributed by atoms with Crippen LogP contribution in [0.3, 0.4) is 0 Å². The maximum absolute atomic E-state index is 14.4. The summed E-state index contributed by atoms with van der Waals surface area (Å²) in [4.78, 5) is 17.0. The summed E-state index contributed by atoms with van der Waals surface area (Å²) < 4.78 is 94.6. The fourth-order valence-electron chi connectivity index (χ4n) is 6.41. The Morgan fingerprint density at radius 3 is 2.51 bits per heavy atom. The van der Waals surface area contributed by atoms with E-state index in [4.69, 9.17) is 24.1 Å². The van der Waals surface area contributed by atoms with Crippen LogP contribution in [0.2, 0.25) is 0 Å². The molecule has 5 rings (SSSR count). The molecule has 1 aliphatic rings. The third-order valence-electron chi connectivity index (χ3n) is 9.47. The smallest absolute Gasteiger partial charge is 0.452 e. The van der Waals surface area contributed by atoms with Gasteiger partial charge in [0.05, 0.1) is 18.6 Å². The second kappa shape index (κ2) is 17.6. The lowest BCUT2D eigenvalue weighted by Gasteiger charge is -2.33. The molecule has 4 heterocycles. The fraction of sp³-hybridized carbons (Fsp3) is 0.514. The average Bonchev–Trinajstić information content (AvgIpc) is 3.57. The number of carboxylic acids is 1. The minimum Gasteiger partial charge on any atom is -0.481 e. The fourth-order valence-corrected chi connectivity index (χ4v) is 7.93. The summed E-state index contributed by atoms with van der Waals surface area (Å²) in [5.41, 5.74) is 1.04. The molecule has 14 nitrogen and oxygen atoms in total. The minimum atomic E-state index is -4.76. The van der Waals surface area contributed by atoms with Gasteiger partial charge in [-0.05, 0) is 80.5 Å². The van der Waals surface area contributed by atoms with E-state index in [1.54, 1.807) is 25.1 Å². The van der Waals surface area contributed by atoms with Gasteiger partial charge in [0.15, 0.2) is 5.65 Å². The Kier molecular flexibility index (Phi) is 13.4. The molecule has 0 amide bonds. The molecule has 2 N–H and O–H groups in total. The number of pyridine rings is 2. The van der Waals surface area contributed by atoms with Gasteiger partial charge in [0, 0.05) is 64.1 Å². The highest BCUT2D eigenvalue weighted by Crippen LogP contribution is 2.44. The number of hydrogen-bond donors (Lipinski definition) is 2. The van der Waals surface area contributed by atoms with Gasteiger partial charge in [0.25, 0.3) is 0 Å². The normalized spacial score (nSPS) is 16.2. The van der Waals surface area contributed by atoms with Crippen molar-refractivity contribution < 1.29 is 55.5 Å². The Balaban J connectivity index is 1.49. The highest BCUT2D eigenvalue weighted by molar-refractivity contribution is 7.89. The molecule has 0 unspecified atom stereocenters. The lowest BCUT2D eigenvalue weighted by atomic mass is 9.70. The minimum absolute atomic E-state index is 0.0424. The molecule has 0 saturated carbocycles. The van der Waals surface area contributed by atoms with Crippen LogP contribution in [0.4, 0.5) is 13.2 Å². The highest BCUT2D eigenvalue weighted by atomic mass is 32.2. The Morgan fingerprint density at radius 1 is 1.02 bits per heavy atom. The number of aliphatic carboxylic acids is 1. The number of aryl methyl sites for hydroxylation is 2. The van der Waals surface area contributed by atoms with Crippen molar-refractivity contribution in [2.24, 2.45) is 5.41 Å². The van der Waals surface area contributed by atoms with E-state index >= 15 is 0 Å². The number of hydrogen-bond acceptors (Lipinski definition) is 11. The van der Waals surface area contributed by atoms with Gasteiger partial charge in [-0.25, -0.2) is 8.42 Å². The molecule has 4 aromatic rings. The summed E-state index contributed by atoms with van der Waals surface area (Å²) in [6, 6.07) is 9.55. The van der Waals surface area contributed by atoms with E-state index < -0.39 is 39.3 Å². The maximum Gasteiger partial charge on any atom is 0.452 e. The highest BCUT2D eigenvalue weighted by Gasteiger charge is 2.42. The van der Waals surface area contributed by atoms with Crippen LogP contribution in [-0.4, -0.2) is 101 Å². The molecular weight excluding hydrogens is 747 g/mol. The van der Waals surface area contributed by atoms with Gasteiger partial charge in [-0.15, -0.1) is 10.2 Å². The molecule has 0 radical (unpaired) electrons. The zero-order chi connectivity index (χ0) is 40.0. The van der Waals surface area contributed by atoms with Crippen molar-refractivity contribution in [3.05, 3.63) is 76.2 Å². The molecule has 0 fully saturated rings. The van der Waals surface area contributed by atoms with Crippen LogP contribution in [0.5, 0.6) is 11.8 Å². The SMILES string of the molecule is Cc1ccc([C@@H](c2ccn3c(C(F)(F)F)nnc3c2C)C(C)(C)C(=O)O)cc1CN1CCCOCCOc2nc(OCCCOCCCO)ccc2S1(=O)=O. The lowest BCUT2D eigenvalue weighted by Crippen LogP contribution is -2.34. The summed E-state index contributed by atoms with van der Waals surface area (Å²) in [5, 5.41) is 26.5. The Morgan fingerprint density at radius 2 is 1.78 bits per heavy atom. The molecule has 55 heavy (non-hydrogen) atoms. The van der Waals surface area contributed by atoms with Crippen LogP contribution in [0.15, 0.2) is 47.5 Å². The summed E-state index contributed by atoms with van der Waals surface area (Å²) in [6.45, 7) is 8.07. The largest absolute Gasteiger partial charge is 0.481 e. The Hall–Kier alpha value is -4.36. The van der Waals surface area contributed by atoms with Crippen LogP contribution in [0.25, 0.3) is 5.65 Å². The number of sulfonamides is 1. The molecular formula is C37H46F3N5O9S. The maximum atomic E-state index is 14.4. The summed E-state index contributed by atoms with van der Waals surface area (Å²) in [7, 11) is -4.25. The number of ether oxygens (including phenoxy) is 4. The topological polar surface area (TPSA) is 175 Å². The van der Waals surface area contributed by atoms with Crippen molar-refractivity contribution in [1.82, 2.24) is 23.9 Å². The summed E-state index contributed by atoms with van der Waals surface area (Å²) in [5.74, 6) is -3.22.